The van der Waals surface area contributed by atoms with Crippen LogP contribution in [0.15, 0.2) is 28.7 Å². The van der Waals surface area contributed by atoms with Crippen molar-refractivity contribution in [2.24, 2.45) is 5.92 Å². The second kappa shape index (κ2) is 5.47. The van der Waals surface area contributed by atoms with E-state index in [9.17, 15) is 5.26 Å². The maximum Gasteiger partial charge on any atom is 0.0763 e. The van der Waals surface area contributed by atoms with Gasteiger partial charge in [-0.1, -0.05) is 34.1 Å². The van der Waals surface area contributed by atoms with Crippen LogP contribution in [0, 0.1) is 17.2 Å². The molecule has 0 saturated carbocycles. The summed E-state index contributed by atoms with van der Waals surface area (Å²) in [6.07, 6.45) is 2.32. The van der Waals surface area contributed by atoms with E-state index in [2.05, 4.69) is 27.3 Å². The molecule has 1 aromatic carbocycles. The largest absolute Gasteiger partial charge is 0.316 e. The van der Waals surface area contributed by atoms with Gasteiger partial charge in [0.2, 0.25) is 0 Å². The Morgan fingerprint density at radius 3 is 2.88 bits per heavy atom. The molecule has 0 spiro atoms. The number of rotatable bonds is 2. The van der Waals surface area contributed by atoms with Crippen LogP contribution in [0.25, 0.3) is 0 Å². The van der Waals surface area contributed by atoms with Gasteiger partial charge in [0.1, 0.15) is 0 Å². The minimum Gasteiger partial charge on any atom is -0.316 e. The molecule has 2 atom stereocenters. The Balaban J connectivity index is 2.22. The molecule has 2 nitrogen and oxygen atoms in total. The summed E-state index contributed by atoms with van der Waals surface area (Å²) in [5, 5.41) is 12.7. The van der Waals surface area contributed by atoms with Crippen molar-refractivity contribution in [3.05, 3.63) is 34.3 Å². The second-order valence-electron chi connectivity index (χ2n) is 4.23. The predicted octanol–water partition coefficient (Wildman–Crippen LogP) is 3.06. The van der Waals surface area contributed by atoms with E-state index < -0.39 is 0 Å². The van der Waals surface area contributed by atoms with Crippen LogP contribution in [0.2, 0.25) is 0 Å². The molecule has 1 saturated heterocycles. The Hall–Kier alpha value is -0.850. The van der Waals surface area contributed by atoms with Crippen LogP contribution >= 0.6 is 15.9 Å². The third-order valence-electron chi connectivity index (χ3n) is 3.19. The molecule has 1 heterocycles. The van der Waals surface area contributed by atoms with Gasteiger partial charge in [-0.05, 0) is 43.5 Å². The summed E-state index contributed by atoms with van der Waals surface area (Å²) in [6, 6.07) is 10.5. The molecule has 0 aromatic heterocycles. The summed E-state index contributed by atoms with van der Waals surface area (Å²) >= 11 is 3.53. The minimum absolute atomic E-state index is 0.00312. The fourth-order valence-corrected chi connectivity index (χ4v) is 2.85. The average Bonchev–Trinajstić information content (AvgIpc) is 2.34. The van der Waals surface area contributed by atoms with Gasteiger partial charge in [-0.3, -0.25) is 0 Å². The minimum atomic E-state index is 0.00312. The van der Waals surface area contributed by atoms with E-state index in [0.29, 0.717) is 5.92 Å². The highest BCUT2D eigenvalue weighted by atomic mass is 79.9. The highest BCUT2D eigenvalue weighted by Gasteiger charge is 2.25. The Morgan fingerprint density at radius 2 is 2.25 bits per heavy atom. The molecule has 1 fully saturated rings. The number of halogens is 1. The van der Waals surface area contributed by atoms with Crippen molar-refractivity contribution in [1.29, 1.82) is 5.26 Å². The number of hydrogen-bond donors (Lipinski definition) is 1. The molecule has 1 aliphatic rings. The molecule has 1 aliphatic heterocycles. The zero-order chi connectivity index (χ0) is 11.4. The zero-order valence-electron chi connectivity index (χ0n) is 9.12. The van der Waals surface area contributed by atoms with Crippen LogP contribution in [-0.2, 0) is 0 Å². The van der Waals surface area contributed by atoms with Gasteiger partial charge in [-0.25, -0.2) is 0 Å². The molecule has 2 unspecified atom stereocenters. The molecule has 84 valence electrons. The fourth-order valence-electron chi connectivity index (χ4n) is 2.32. The average molecular weight is 279 g/mol. The number of nitrogens with zero attached hydrogens (tertiary/aromatic N) is 1. The topological polar surface area (TPSA) is 35.8 Å². The van der Waals surface area contributed by atoms with E-state index in [1.165, 1.54) is 6.42 Å². The lowest BCUT2D eigenvalue weighted by Crippen LogP contribution is -2.33. The van der Waals surface area contributed by atoms with E-state index in [1.807, 2.05) is 24.3 Å². The Morgan fingerprint density at radius 1 is 1.44 bits per heavy atom. The number of nitrogens with one attached hydrogen (secondary N) is 1. The second-order valence-corrected chi connectivity index (χ2v) is 5.09. The van der Waals surface area contributed by atoms with Crippen LogP contribution in [0.4, 0.5) is 0 Å². The number of piperidine rings is 1. The fraction of sp³-hybridized carbons (Fsp3) is 0.462. The number of benzene rings is 1. The molecule has 1 N–H and O–H groups in total. The molecule has 1 aromatic rings. The van der Waals surface area contributed by atoms with Crippen LogP contribution in [0.1, 0.15) is 24.3 Å². The van der Waals surface area contributed by atoms with Crippen molar-refractivity contribution in [3.63, 3.8) is 0 Å². The van der Waals surface area contributed by atoms with Crippen molar-refractivity contribution in [3.8, 4) is 6.07 Å². The van der Waals surface area contributed by atoms with E-state index in [0.717, 1.165) is 29.5 Å². The molecule has 0 aliphatic carbocycles. The predicted molar refractivity (Wildman–Crippen MR) is 68.1 cm³/mol. The molecule has 2 rings (SSSR count). The maximum atomic E-state index is 9.36. The quantitative estimate of drug-likeness (QED) is 0.903. The highest BCUT2D eigenvalue weighted by molar-refractivity contribution is 9.10. The third-order valence-corrected chi connectivity index (χ3v) is 3.91. The van der Waals surface area contributed by atoms with Gasteiger partial charge in [0, 0.05) is 4.47 Å². The first-order valence-electron chi connectivity index (χ1n) is 5.67. The molecular formula is C13H15BrN2. The summed E-state index contributed by atoms with van der Waals surface area (Å²) in [6.45, 7) is 2.05. The molecule has 0 radical (unpaired) electrons. The standard InChI is InChI=1S/C13H15BrN2/c14-13-6-2-1-5-11(13)12(8-15)10-4-3-7-16-9-10/h1-2,5-6,10,12,16H,3-4,7,9H2. The summed E-state index contributed by atoms with van der Waals surface area (Å²) in [4.78, 5) is 0. The van der Waals surface area contributed by atoms with Gasteiger partial charge >= 0.3 is 0 Å². The summed E-state index contributed by atoms with van der Waals surface area (Å²) in [5.74, 6) is 0.445. The van der Waals surface area contributed by atoms with Gasteiger partial charge in [0.15, 0.2) is 0 Å². The first kappa shape index (κ1) is 11.6. The van der Waals surface area contributed by atoms with E-state index in [-0.39, 0.29) is 5.92 Å². The van der Waals surface area contributed by atoms with Crippen molar-refractivity contribution < 1.29 is 0 Å². The lowest BCUT2D eigenvalue weighted by Gasteiger charge is -2.27. The van der Waals surface area contributed by atoms with Gasteiger partial charge in [-0.15, -0.1) is 0 Å². The first-order valence-corrected chi connectivity index (χ1v) is 6.47. The number of hydrogen-bond acceptors (Lipinski definition) is 2. The van der Waals surface area contributed by atoms with Gasteiger partial charge in [0.05, 0.1) is 12.0 Å². The zero-order valence-corrected chi connectivity index (χ0v) is 10.7. The normalized spacial score (nSPS) is 22.4. The van der Waals surface area contributed by atoms with Crippen molar-refractivity contribution in [1.82, 2.24) is 5.32 Å². The molecule has 0 amide bonds. The SMILES string of the molecule is N#CC(c1ccccc1Br)C1CCCNC1. The molecular weight excluding hydrogens is 264 g/mol. The van der Waals surface area contributed by atoms with Gasteiger partial charge in [-0.2, -0.15) is 5.26 Å². The lowest BCUT2D eigenvalue weighted by atomic mass is 9.82. The van der Waals surface area contributed by atoms with Crippen molar-refractivity contribution in [2.45, 2.75) is 18.8 Å². The summed E-state index contributed by atoms with van der Waals surface area (Å²) in [7, 11) is 0. The monoisotopic (exact) mass is 278 g/mol. The van der Waals surface area contributed by atoms with Gasteiger partial charge in [0.25, 0.3) is 0 Å². The van der Waals surface area contributed by atoms with Crippen LogP contribution in [-0.4, -0.2) is 13.1 Å². The van der Waals surface area contributed by atoms with Crippen molar-refractivity contribution >= 4 is 15.9 Å². The van der Waals surface area contributed by atoms with E-state index in [1.54, 1.807) is 0 Å². The first-order chi connectivity index (χ1) is 7.83. The summed E-state index contributed by atoms with van der Waals surface area (Å²) in [5.41, 5.74) is 1.12. The Labute approximate surface area is 105 Å². The lowest BCUT2D eigenvalue weighted by molar-refractivity contribution is 0.354. The summed E-state index contributed by atoms with van der Waals surface area (Å²) < 4.78 is 1.05. The van der Waals surface area contributed by atoms with Gasteiger partial charge < -0.3 is 5.32 Å². The third kappa shape index (κ3) is 2.45. The maximum absolute atomic E-state index is 9.36. The van der Waals surface area contributed by atoms with Crippen LogP contribution < -0.4 is 5.32 Å². The highest BCUT2D eigenvalue weighted by Crippen LogP contribution is 2.33. The van der Waals surface area contributed by atoms with Crippen LogP contribution in [0.5, 0.6) is 0 Å². The van der Waals surface area contributed by atoms with Crippen molar-refractivity contribution in [2.75, 3.05) is 13.1 Å². The molecule has 0 bridgehead atoms. The molecule has 16 heavy (non-hydrogen) atoms. The molecule has 3 heteroatoms. The smallest absolute Gasteiger partial charge is 0.0763 e. The van der Waals surface area contributed by atoms with E-state index >= 15 is 0 Å². The number of nitriles is 1. The van der Waals surface area contributed by atoms with Crippen LogP contribution in [0.3, 0.4) is 0 Å². The van der Waals surface area contributed by atoms with E-state index in [4.69, 9.17) is 0 Å². The Bertz CT molecular complexity index is 391. The Kier molecular flexibility index (Phi) is 3.98.